The second kappa shape index (κ2) is 9.13. The third-order valence-corrected chi connectivity index (χ3v) is 3.99. The van der Waals surface area contributed by atoms with Crippen molar-refractivity contribution in [2.45, 2.75) is 52.4 Å². The van der Waals surface area contributed by atoms with Crippen molar-refractivity contribution in [3.63, 3.8) is 0 Å². The first kappa shape index (κ1) is 17.3. The normalized spacial score (nSPS) is 10.7. The molecule has 1 aromatic heterocycles. The highest BCUT2D eigenvalue weighted by Crippen LogP contribution is 2.17. The first-order valence-corrected chi connectivity index (χ1v) is 8.60. The molecule has 0 fully saturated rings. The van der Waals surface area contributed by atoms with Crippen molar-refractivity contribution in [1.29, 1.82) is 0 Å². The fourth-order valence-electron chi connectivity index (χ4n) is 2.54. The molecule has 0 aliphatic heterocycles. The molecule has 0 aliphatic rings. The number of nitrogen functional groups attached to an aromatic ring is 1. The number of nitrogens with two attached hydrogens (primary N) is 1. The van der Waals surface area contributed by atoms with E-state index in [1.54, 1.807) is 0 Å². The minimum Gasteiger partial charge on any atom is -0.370 e. The molecule has 4 nitrogen and oxygen atoms in total. The van der Waals surface area contributed by atoms with Gasteiger partial charge in [-0.3, -0.25) is 0 Å². The number of nitrogens with zero attached hydrogens (tertiary/aromatic N) is 2. The van der Waals surface area contributed by atoms with Crippen LogP contribution < -0.4 is 11.1 Å². The van der Waals surface area contributed by atoms with Crippen LogP contribution in [0.15, 0.2) is 30.5 Å². The molecule has 124 valence electrons. The van der Waals surface area contributed by atoms with Crippen molar-refractivity contribution in [2.24, 2.45) is 0 Å². The van der Waals surface area contributed by atoms with Crippen molar-refractivity contribution < 1.29 is 0 Å². The second-order valence-electron chi connectivity index (χ2n) is 6.08. The van der Waals surface area contributed by atoms with E-state index >= 15 is 0 Å². The number of rotatable bonds is 9. The van der Waals surface area contributed by atoms with E-state index in [1.807, 2.05) is 6.20 Å². The molecule has 0 spiro atoms. The molecule has 2 rings (SSSR count). The molecule has 0 bridgehead atoms. The average molecular weight is 312 g/mol. The number of aryl methyl sites for hydroxylation is 3. The first-order chi connectivity index (χ1) is 11.2. The van der Waals surface area contributed by atoms with Crippen LogP contribution in [0.1, 0.15) is 49.3 Å². The number of aromatic nitrogens is 2. The molecule has 0 saturated carbocycles. The molecular formula is C19H28N4. The molecule has 0 saturated heterocycles. The highest BCUT2D eigenvalue weighted by Gasteiger charge is 2.05. The Balaban J connectivity index is 1.83. The van der Waals surface area contributed by atoms with Crippen LogP contribution in [0.5, 0.6) is 0 Å². The molecule has 0 atom stereocenters. The zero-order valence-electron chi connectivity index (χ0n) is 14.3. The smallest absolute Gasteiger partial charge is 0.221 e. The van der Waals surface area contributed by atoms with E-state index in [2.05, 4.69) is 53.4 Å². The van der Waals surface area contributed by atoms with E-state index < -0.39 is 0 Å². The zero-order valence-corrected chi connectivity index (χ0v) is 14.3. The van der Waals surface area contributed by atoms with Gasteiger partial charge in [-0.05, 0) is 44.6 Å². The Morgan fingerprint density at radius 3 is 2.52 bits per heavy atom. The maximum atomic E-state index is 5.71. The van der Waals surface area contributed by atoms with Crippen LogP contribution in [0, 0.1) is 6.92 Å². The fraction of sp³-hybridized carbons (Fsp3) is 0.474. The van der Waals surface area contributed by atoms with Crippen LogP contribution in [-0.4, -0.2) is 16.5 Å². The molecule has 23 heavy (non-hydrogen) atoms. The molecule has 1 aromatic carbocycles. The summed E-state index contributed by atoms with van der Waals surface area (Å²) in [6.45, 7) is 5.24. The summed E-state index contributed by atoms with van der Waals surface area (Å²) < 4.78 is 0. The van der Waals surface area contributed by atoms with E-state index in [-0.39, 0.29) is 0 Å². The summed E-state index contributed by atoms with van der Waals surface area (Å²) in [4.78, 5) is 8.49. The third-order valence-electron chi connectivity index (χ3n) is 3.99. The Bertz CT molecular complexity index is 593. The lowest BCUT2D eigenvalue weighted by Gasteiger charge is -2.11. The Hall–Kier alpha value is -2.10. The van der Waals surface area contributed by atoms with E-state index in [1.165, 1.54) is 29.5 Å². The molecule has 2 aromatic rings. The molecule has 3 N–H and O–H groups in total. The van der Waals surface area contributed by atoms with Gasteiger partial charge in [-0.1, -0.05) is 43.2 Å². The minimum absolute atomic E-state index is 0.340. The van der Waals surface area contributed by atoms with E-state index in [0.29, 0.717) is 5.95 Å². The number of hydrogen-bond acceptors (Lipinski definition) is 4. The third kappa shape index (κ3) is 5.89. The van der Waals surface area contributed by atoms with Gasteiger partial charge in [-0.25, -0.2) is 4.98 Å². The van der Waals surface area contributed by atoms with Gasteiger partial charge in [0.15, 0.2) is 0 Å². The summed E-state index contributed by atoms with van der Waals surface area (Å²) >= 11 is 0. The van der Waals surface area contributed by atoms with Gasteiger partial charge >= 0.3 is 0 Å². The van der Waals surface area contributed by atoms with Crippen LogP contribution in [-0.2, 0) is 12.8 Å². The molecule has 0 unspecified atom stereocenters. The molecule has 0 aliphatic carbocycles. The van der Waals surface area contributed by atoms with Crippen molar-refractivity contribution in [3.8, 4) is 0 Å². The molecule has 4 heteroatoms. The van der Waals surface area contributed by atoms with Crippen LogP contribution in [0.3, 0.4) is 0 Å². The summed E-state index contributed by atoms with van der Waals surface area (Å²) in [5.41, 5.74) is 9.60. The number of benzene rings is 1. The lowest BCUT2D eigenvalue weighted by Crippen LogP contribution is -2.09. The second-order valence-corrected chi connectivity index (χ2v) is 6.08. The maximum absolute atomic E-state index is 5.71. The highest BCUT2D eigenvalue weighted by atomic mass is 15.1. The van der Waals surface area contributed by atoms with Gasteiger partial charge in [0.1, 0.15) is 5.82 Å². The van der Waals surface area contributed by atoms with Crippen molar-refractivity contribution in [3.05, 3.63) is 47.2 Å². The quantitative estimate of drug-likeness (QED) is 0.683. The van der Waals surface area contributed by atoms with E-state index in [0.717, 1.165) is 38.0 Å². The molecule has 0 amide bonds. The van der Waals surface area contributed by atoms with Gasteiger partial charge < -0.3 is 11.1 Å². The fourth-order valence-corrected chi connectivity index (χ4v) is 2.54. The summed E-state index contributed by atoms with van der Waals surface area (Å²) in [6.07, 6.45) is 8.57. The summed E-state index contributed by atoms with van der Waals surface area (Å²) in [6, 6.07) is 8.80. The average Bonchev–Trinajstić information content (AvgIpc) is 2.55. The van der Waals surface area contributed by atoms with Crippen molar-refractivity contribution in [2.75, 3.05) is 17.6 Å². The Morgan fingerprint density at radius 1 is 1.04 bits per heavy atom. The summed E-state index contributed by atoms with van der Waals surface area (Å²) in [5.74, 6) is 1.24. The van der Waals surface area contributed by atoms with Crippen LogP contribution in [0.25, 0.3) is 0 Å². The van der Waals surface area contributed by atoms with Gasteiger partial charge in [0.25, 0.3) is 0 Å². The van der Waals surface area contributed by atoms with Gasteiger partial charge in [0.05, 0.1) is 0 Å². The number of anilines is 2. The Kier molecular flexibility index (Phi) is 6.85. The first-order valence-electron chi connectivity index (χ1n) is 8.60. The minimum atomic E-state index is 0.340. The molecule has 0 radical (unpaired) electrons. The van der Waals surface area contributed by atoms with Gasteiger partial charge in [0.2, 0.25) is 5.95 Å². The summed E-state index contributed by atoms with van der Waals surface area (Å²) in [7, 11) is 0. The standard InChI is InChI=1S/C19H28N4/c1-3-4-13-21-18-17(14-22-19(20)23-18)8-6-5-7-16-11-9-15(2)10-12-16/h9-12,14H,3-8,13H2,1-2H3,(H3,20,21,22,23). The van der Waals surface area contributed by atoms with Crippen LogP contribution in [0.2, 0.25) is 0 Å². The number of nitrogens with one attached hydrogen (secondary N) is 1. The van der Waals surface area contributed by atoms with Crippen LogP contribution >= 0.6 is 0 Å². The number of hydrogen-bond donors (Lipinski definition) is 2. The largest absolute Gasteiger partial charge is 0.370 e. The molecular weight excluding hydrogens is 284 g/mol. The van der Waals surface area contributed by atoms with E-state index in [4.69, 9.17) is 5.73 Å². The topological polar surface area (TPSA) is 63.8 Å². The van der Waals surface area contributed by atoms with Gasteiger partial charge in [-0.15, -0.1) is 0 Å². The predicted molar refractivity (Wildman–Crippen MR) is 97.7 cm³/mol. The monoisotopic (exact) mass is 312 g/mol. The Morgan fingerprint density at radius 2 is 1.78 bits per heavy atom. The van der Waals surface area contributed by atoms with E-state index in [9.17, 15) is 0 Å². The lowest BCUT2D eigenvalue weighted by molar-refractivity contribution is 0.730. The zero-order chi connectivity index (χ0) is 16.5. The number of unbranched alkanes of at least 4 members (excludes halogenated alkanes) is 2. The SMILES string of the molecule is CCCCNc1nc(N)ncc1CCCCc1ccc(C)cc1. The molecule has 1 heterocycles. The van der Waals surface area contributed by atoms with Gasteiger partial charge in [0, 0.05) is 18.3 Å². The van der Waals surface area contributed by atoms with Gasteiger partial charge in [-0.2, -0.15) is 4.98 Å². The van der Waals surface area contributed by atoms with Crippen LogP contribution in [0.4, 0.5) is 11.8 Å². The van der Waals surface area contributed by atoms with Crippen molar-refractivity contribution >= 4 is 11.8 Å². The summed E-state index contributed by atoms with van der Waals surface area (Å²) in [5, 5.41) is 3.39. The predicted octanol–water partition coefficient (Wildman–Crippen LogP) is 4.14. The lowest BCUT2D eigenvalue weighted by atomic mass is 10.0. The maximum Gasteiger partial charge on any atom is 0.221 e. The van der Waals surface area contributed by atoms with Crippen molar-refractivity contribution in [1.82, 2.24) is 9.97 Å². The highest BCUT2D eigenvalue weighted by molar-refractivity contribution is 5.46. The Labute approximate surface area is 139 Å².